The quantitative estimate of drug-likeness (QED) is 0.778. The first-order valence-electron chi connectivity index (χ1n) is 7.35. The van der Waals surface area contributed by atoms with E-state index in [2.05, 4.69) is 10.4 Å². The van der Waals surface area contributed by atoms with E-state index in [0.717, 1.165) is 29.7 Å². The number of ether oxygens (including phenoxy) is 1. The summed E-state index contributed by atoms with van der Waals surface area (Å²) in [6.07, 6.45) is 5.50. The topological polar surface area (TPSA) is 116 Å². The molecule has 2 aromatic heterocycles. The van der Waals surface area contributed by atoms with Crippen LogP contribution in [-0.2, 0) is 29.4 Å². The SMILES string of the molecule is Cn1cc(C(=O)OCC(=O)Nc2sc3c(c2C(N)=O)CCC3)cn1. The molecule has 9 heteroatoms. The van der Waals surface area contributed by atoms with Crippen molar-refractivity contribution in [2.24, 2.45) is 12.8 Å². The Morgan fingerprint density at radius 3 is 2.88 bits per heavy atom. The van der Waals surface area contributed by atoms with Crippen LogP contribution in [0.1, 0.15) is 37.6 Å². The molecule has 0 radical (unpaired) electrons. The predicted molar refractivity (Wildman–Crippen MR) is 87.0 cm³/mol. The Kier molecular flexibility index (Phi) is 4.34. The third-order valence-electron chi connectivity index (χ3n) is 3.70. The molecule has 0 bridgehead atoms. The van der Waals surface area contributed by atoms with Gasteiger partial charge in [0.25, 0.3) is 11.8 Å². The molecular weight excluding hydrogens is 332 g/mol. The highest BCUT2D eigenvalue weighted by molar-refractivity contribution is 7.17. The molecule has 126 valence electrons. The molecule has 1 aliphatic rings. The normalized spacial score (nSPS) is 12.7. The van der Waals surface area contributed by atoms with Crippen molar-refractivity contribution in [2.45, 2.75) is 19.3 Å². The maximum atomic E-state index is 12.0. The van der Waals surface area contributed by atoms with Crippen LogP contribution in [0.25, 0.3) is 0 Å². The van der Waals surface area contributed by atoms with Gasteiger partial charge < -0.3 is 15.8 Å². The van der Waals surface area contributed by atoms with Crippen LogP contribution < -0.4 is 11.1 Å². The summed E-state index contributed by atoms with van der Waals surface area (Å²) in [5.74, 6) is -1.71. The molecule has 3 rings (SSSR count). The van der Waals surface area contributed by atoms with Gasteiger partial charge in [-0.2, -0.15) is 5.10 Å². The molecule has 0 aliphatic heterocycles. The first kappa shape index (κ1) is 16.2. The maximum absolute atomic E-state index is 12.0. The van der Waals surface area contributed by atoms with Gasteiger partial charge in [-0.05, 0) is 24.8 Å². The summed E-state index contributed by atoms with van der Waals surface area (Å²) >= 11 is 1.35. The third-order valence-corrected chi connectivity index (χ3v) is 4.90. The summed E-state index contributed by atoms with van der Waals surface area (Å²) < 4.78 is 6.40. The minimum Gasteiger partial charge on any atom is -0.452 e. The number of hydrogen-bond acceptors (Lipinski definition) is 6. The Hall–Kier alpha value is -2.68. The molecule has 2 amide bonds. The number of anilines is 1. The number of aromatic nitrogens is 2. The predicted octanol–water partition coefficient (Wildman–Crippen LogP) is 0.865. The van der Waals surface area contributed by atoms with E-state index >= 15 is 0 Å². The number of thiophene rings is 1. The summed E-state index contributed by atoms with van der Waals surface area (Å²) in [7, 11) is 1.67. The van der Waals surface area contributed by atoms with Crippen LogP contribution in [0, 0.1) is 0 Å². The lowest BCUT2D eigenvalue weighted by Crippen LogP contribution is -2.22. The Morgan fingerprint density at radius 1 is 1.42 bits per heavy atom. The van der Waals surface area contributed by atoms with Crippen molar-refractivity contribution in [1.29, 1.82) is 0 Å². The molecule has 0 aromatic carbocycles. The molecule has 0 saturated carbocycles. The first-order chi connectivity index (χ1) is 11.5. The van der Waals surface area contributed by atoms with Gasteiger partial charge in [-0.1, -0.05) is 0 Å². The van der Waals surface area contributed by atoms with E-state index < -0.39 is 24.4 Å². The van der Waals surface area contributed by atoms with Gasteiger partial charge in [-0.15, -0.1) is 11.3 Å². The lowest BCUT2D eigenvalue weighted by molar-refractivity contribution is -0.119. The molecular formula is C15H16N4O4S. The Morgan fingerprint density at radius 2 is 2.21 bits per heavy atom. The third kappa shape index (κ3) is 3.16. The number of amides is 2. The number of primary amides is 1. The molecule has 3 N–H and O–H groups in total. The highest BCUT2D eigenvalue weighted by Crippen LogP contribution is 2.38. The Bertz CT molecular complexity index is 824. The fraction of sp³-hybridized carbons (Fsp3) is 0.333. The number of nitrogens with two attached hydrogens (primary N) is 1. The highest BCUT2D eigenvalue weighted by Gasteiger charge is 2.26. The second kappa shape index (κ2) is 6.44. The molecule has 0 atom stereocenters. The van der Waals surface area contributed by atoms with E-state index in [1.165, 1.54) is 28.4 Å². The van der Waals surface area contributed by atoms with E-state index in [-0.39, 0.29) is 5.56 Å². The number of carbonyl (C=O) groups excluding carboxylic acids is 3. The zero-order valence-corrected chi connectivity index (χ0v) is 13.8. The summed E-state index contributed by atoms with van der Waals surface area (Å²) in [5, 5.41) is 6.90. The number of carbonyl (C=O) groups is 3. The molecule has 2 heterocycles. The zero-order chi connectivity index (χ0) is 17.3. The Balaban J connectivity index is 1.63. The van der Waals surface area contributed by atoms with E-state index in [9.17, 15) is 14.4 Å². The van der Waals surface area contributed by atoms with Crippen molar-refractivity contribution in [3.8, 4) is 0 Å². The molecule has 1 aliphatic carbocycles. The second-order valence-electron chi connectivity index (χ2n) is 5.45. The van der Waals surface area contributed by atoms with Crippen molar-refractivity contribution < 1.29 is 19.1 Å². The summed E-state index contributed by atoms with van der Waals surface area (Å²) in [4.78, 5) is 36.5. The minimum atomic E-state index is -0.637. The van der Waals surface area contributed by atoms with Crippen LogP contribution in [-0.4, -0.2) is 34.2 Å². The van der Waals surface area contributed by atoms with Gasteiger partial charge >= 0.3 is 5.97 Å². The van der Waals surface area contributed by atoms with Gasteiger partial charge in [0.2, 0.25) is 0 Å². The van der Waals surface area contributed by atoms with Crippen LogP contribution >= 0.6 is 11.3 Å². The minimum absolute atomic E-state index is 0.262. The fourth-order valence-corrected chi connectivity index (χ4v) is 3.97. The van der Waals surface area contributed by atoms with Crippen LogP contribution in [0.5, 0.6) is 0 Å². The van der Waals surface area contributed by atoms with Gasteiger partial charge in [-0.25, -0.2) is 4.79 Å². The van der Waals surface area contributed by atoms with Crippen LogP contribution in [0.3, 0.4) is 0 Å². The molecule has 2 aromatic rings. The van der Waals surface area contributed by atoms with Crippen LogP contribution in [0.15, 0.2) is 12.4 Å². The van der Waals surface area contributed by atoms with Crippen molar-refractivity contribution in [3.05, 3.63) is 34.0 Å². The smallest absolute Gasteiger partial charge is 0.341 e. The van der Waals surface area contributed by atoms with E-state index in [1.54, 1.807) is 7.05 Å². The standard InChI is InChI=1S/C15H16N4O4S/c1-19-6-8(5-17-19)15(22)23-7-11(20)18-14-12(13(16)21)9-3-2-4-10(9)24-14/h5-6H,2-4,7H2,1H3,(H2,16,21)(H,18,20). The van der Waals surface area contributed by atoms with Gasteiger partial charge in [0, 0.05) is 18.1 Å². The van der Waals surface area contributed by atoms with Gasteiger partial charge in [-0.3, -0.25) is 14.3 Å². The lowest BCUT2D eigenvalue weighted by atomic mass is 10.1. The van der Waals surface area contributed by atoms with Crippen molar-refractivity contribution >= 4 is 34.1 Å². The maximum Gasteiger partial charge on any atom is 0.341 e. The average molecular weight is 348 g/mol. The molecule has 0 fully saturated rings. The zero-order valence-electron chi connectivity index (χ0n) is 13.0. The molecule has 8 nitrogen and oxygen atoms in total. The number of rotatable bonds is 5. The number of nitrogens with one attached hydrogen (secondary N) is 1. The number of aryl methyl sites for hydroxylation is 2. The number of hydrogen-bond donors (Lipinski definition) is 2. The van der Waals surface area contributed by atoms with Gasteiger partial charge in [0.05, 0.1) is 17.3 Å². The Labute approximate surface area is 141 Å². The fourth-order valence-electron chi connectivity index (χ4n) is 2.66. The number of esters is 1. The molecule has 0 spiro atoms. The van der Waals surface area contributed by atoms with Crippen molar-refractivity contribution in [3.63, 3.8) is 0 Å². The lowest BCUT2D eigenvalue weighted by Gasteiger charge is -2.06. The van der Waals surface area contributed by atoms with E-state index in [4.69, 9.17) is 10.5 Å². The van der Waals surface area contributed by atoms with Crippen molar-refractivity contribution in [2.75, 3.05) is 11.9 Å². The summed E-state index contributed by atoms with van der Waals surface area (Å²) in [6.45, 7) is -0.450. The molecule has 24 heavy (non-hydrogen) atoms. The average Bonchev–Trinajstić information content (AvgIpc) is 3.19. The van der Waals surface area contributed by atoms with E-state index in [1.807, 2.05) is 0 Å². The number of nitrogens with zero attached hydrogens (tertiary/aromatic N) is 2. The number of fused-ring (bicyclic) bond motifs is 1. The molecule has 0 saturated heterocycles. The van der Waals surface area contributed by atoms with Crippen LogP contribution in [0.4, 0.5) is 5.00 Å². The van der Waals surface area contributed by atoms with E-state index in [0.29, 0.717) is 10.6 Å². The van der Waals surface area contributed by atoms with Gasteiger partial charge in [0.15, 0.2) is 6.61 Å². The second-order valence-corrected chi connectivity index (χ2v) is 6.56. The van der Waals surface area contributed by atoms with Crippen molar-refractivity contribution in [1.82, 2.24) is 9.78 Å². The molecule has 0 unspecified atom stereocenters. The van der Waals surface area contributed by atoms with Crippen LogP contribution in [0.2, 0.25) is 0 Å². The monoisotopic (exact) mass is 348 g/mol. The summed E-state index contributed by atoms with van der Waals surface area (Å²) in [5.41, 5.74) is 6.99. The highest BCUT2D eigenvalue weighted by atomic mass is 32.1. The largest absolute Gasteiger partial charge is 0.452 e. The van der Waals surface area contributed by atoms with Gasteiger partial charge in [0.1, 0.15) is 5.00 Å². The first-order valence-corrected chi connectivity index (χ1v) is 8.17. The summed E-state index contributed by atoms with van der Waals surface area (Å²) in [6, 6.07) is 0.